The van der Waals surface area contributed by atoms with E-state index in [-0.39, 0.29) is 43.1 Å². The number of amides is 2. The fourth-order valence-corrected chi connectivity index (χ4v) is 2.60. The largest absolute Gasteiger partial charge is 0.493 e. The number of nitrogens with one attached hydrogen (secondary N) is 2. The fourth-order valence-electron chi connectivity index (χ4n) is 2.60. The fraction of sp³-hybridized carbons (Fsp3) is 0.250. The van der Waals surface area contributed by atoms with Crippen molar-refractivity contribution < 1.29 is 23.8 Å². The van der Waals surface area contributed by atoms with Crippen LogP contribution in [0.5, 0.6) is 11.5 Å². The van der Waals surface area contributed by atoms with E-state index in [2.05, 4.69) is 5.32 Å². The molecule has 162 valence electrons. The standard InChI is InChI=1S/C20H24N4O5.ClH/c1-27-15-8-7-14(9-16(15)29-11-17(21)25)18(28-2)20(26)24-10-12-3-5-13(6-4-12)19(22)23;/h3-9,18H,10-11H2,1-2H3,(H2,21,25)(H3,22,23)(H,24,26);1H. The van der Waals surface area contributed by atoms with Crippen LogP contribution in [-0.4, -0.2) is 38.5 Å². The minimum Gasteiger partial charge on any atom is -0.493 e. The summed E-state index contributed by atoms with van der Waals surface area (Å²) in [6.07, 6.45) is -0.895. The van der Waals surface area contributed by atoms with E-state index in [4.69, 9.17) is 31.1 Å². The summed E-state index contributed by atoms with van der Waals surface area (Å²) >= 11 is 0. The Morgan fingerprint density at radius 2 is 1.73 bits per heavy atom. The van der Waals surface area contributed by atoms with Gasteiger partial charge in [0.25, 0.3) is 11.8 Å². The van der Waals surface area contributed by atoms with Gasteiger partial charge < -0.3 is 31.0 Å². The third-order valence-corrected chi connectivity index (χ3v) is 4.07. The summed E-state index contributed by atoms with van der Waals surface area (Å²) in [6, 6.07) is 11.8. The van der Waals surface area contributed by atoms with Gasteiger partial charge in [-0.2, -0.15) is 0 Å². The Kier molecular flexibility index (Phi) is 9.60. The van der Waals surface area contributed by atoms with Gasteiger partial charge in [-0.05, 0) is 23.3 Å². The maximum atomic E-state index is 12.6. The summed E-state index contributed by atoms with van der Waals surface area (Å²) in [5.41, 5.74) is 12.5. The van der Waals surface area contributed by atoms with E-state index >= 15 is 0 Å². The third-order valence-electron chi connectivity index (χ3n) is 4.07. The monoisotopic (exact) mass is 436 g/mol. The molecule has 6 N–H and O–H groups in total. The van der Waals surface area contributed by atoms with Gasteiger partial charge >= 0.3 is 0 Å². The molecule has 0 aromatic heterocycles. The first-order valence-corrected chi connectivity index (χ1v) is 8.68. The molecule has 1 atom stereocenters. The smallest absolute Gasteiger partial charge is 0.255 e. The van der Waals surface area contributed by atoms with E-state index < -0.39 is 12.0 Å². The number of benzene rings is 2. The molecule has 2 aromatic rings. The predicted octanol–water partition coefficient (Wildman–Crippen LogP) is 1.27. The average Bonchev–Trinajstić information content (AvgIpc) is 2.71. The van der Waals surface area contributed by atoms with Crippen molar-refractivity contribution in [2.75, 3.05) is 20.8 Å². The third kappa shape index (κ3) is 6.64. The molecular weight excluding hydrogens is 412 g/mol. The lowest BCUT2D eigenvalue weighted by molar-refractivity contribution is -0.131. The van der Waals surface area contributed by atoms with Crippen molar-refractivity contribution >= 4 is 30.1 Å². The Hall–Kier alpha value is -3.30. The van der Waals surface area contributed by atoms with Gasteiger partial charge in [0.15, 0.2) is 24.2 Å². The maximum absolute atomic E-state index is 12.6. The zero-order valence-corrected chi connectivity index (χ0v) is 17.5. The number of ether oxygens (including phenoxy) is 3. The van der Waals surface area contributed by atoms with Crippen molar-refractivity contribution in [2.24, 2.45) is 11.5 Å². The Morgan fingerprint density at radius 1 is 1.07 bits per heavy atom. The summed E-state index contributed by atoms with van der Waals surface area (Å²) in [7, 11) is 2.88. The molecular formula is C20H25ClN4O5. The number of carbonyl (C=O) groups is 2. The minimum absolute atomic E-state index is 0. The summed E-state index contributed by atoms with van der Waals surface area (Å²) in [5.74, 6) is -0.327. The molecule has 10 heteroatoms. The van der Waals surface area contributed by atoms with Crippen molar-refractivity contribution in [1.82, 2.24) is 5.32 Å². The number of methoxy groups -OCH3 is 2. The van der Waals surface area contributed by atoms with Crippen molar-refractivity contribution in [3.05, 3.63) is 59.2 Å². The molecule has 0 aliphatic carbocycles. The summed E-state index contributed by atoms with van der Waals surface area (Å²) < 4.78 is 15.9. The Morgan fingerprint density at radius 3 is 2.27 bits per heavy atom. The average molecular weight is 437 g/mol. The van der Waals surface area contributed by atoms with E-state index in [1.54, 1.807) is 42.5 Å². The van der Waals surface area contributed by atoms with Gasteiger partial charge in [-0.1, -0.05) is 30.3 Å². The van der Waals surface area contributed by atoms with Gasteiger partial charge in [-0.15, -0.1) is 12.4 Å². The highest BCUT2D eigenvalue weighted by atomic mass is 35.5. The van der Waals surface area contributed by atoms with Gasteiger partial charge in [0.05, 0.1) is 7.11 Å². The lowest BCUT2D eigenvalue weighted by atomic mass is 10.1. The minimum atomic E-state index is -0.895. The SMILES string of the molecule is COc1ccc(C(OC)C(=O)NCc2ccc(C(=N)N)cc2)cc1OCC(N)=O.Cl. The molecule has 9 nitrogen and oxygen atoms in total. The van der Waals surface area contributed by atoms with Crippen LogP contribution in [0, 0.1) is 5.41 Å². The molecule has 2 aromatic carbocycles. The van der Waals surface area contributed by atoms with Crippen LogP contribution in [0.4, 0.5) is 0 Å². The topological polar surface area (TPSA) is 150 Å². The lowest BCUT2D eigenvalue weighted by Crippen LogP contribution is -2.30. The second-order valence-electron chi connectivity index (χ2n) is 6.11. The van der Waals surface area contributed by atoms with Gasteiger partial charge in [0, 0.05) is 19.2 Å². The molecule has 0 heterocycles. The number of carbonyl (C=O) groups excluding carboxylic acids is 2. The van der Waals surface area contributed by atoms with Crippen LogP contribution in [0.25, 0.3) is 0 Å². The predicted molar refractivity (Wildman–Crippen MR) is 114 cm³/mol. The Labute approximate surface area is 180 Å². The number of primary amides is 1. The van der Waals surface area contributed by atoms with E-state index in [0.29, 0.717) is 16.9 Å². The molecule has 0 saturated heterocycles. The van der Waals surface area contributed by atoms with Gasteiger partial charge in [-0.25, -0.2) is 0 Å². The van der Waals surface area contributed by atoms with Crippen molar-refractivity contribution in [3.63, 3.8) is 0 Å². The number of hydrogen-bond donors (Lipinski definition) is 4. The molecule has 0 bridgehead atoms. The Balaban J connectivity index is 0.00000450. The summed E-state index contributed by atoms with van der Waals surface area (Å²) in [4.78, 5) is 23.6. The van der Waals surface area contributed by atoms with Crippen LogP contribution in [0.1, 0.15) is 22.8 Å². The van der Waals surface area contributed by atoms with Crippen LogP contribution in [0.3, 0.4) is 0 Å². The van der Waals surface area contributed by atoms with E-state index in [9.17, 15) is 9.59 Å². The normalized spacial score (nSPS) is 11.0. The highest BCUT2D eigenvalue weighted by Crippen LogP contribution is 2.31. The maximum Gasteiger partial charge on any atom is 0.255 e. The first-order chi connectivity index (χ1) is 13.8. The Bertz CT molecular complexity index is 889. The van der Waals surface area contributed by atoms with E-state index in [1.165, 1.54) is 14.2 Å². The second kappa shape index (κ2) is 11.6. The summed E-state index contributed by atoms with van der Waals surface area (Å²) in [5, 5.41) is 10.2. The quantitative estimate of drug-likeness (QED) is 0.325. The second-order valence-corrected chi connectivity index (χ2v) is 6.11. The highest BCUT2D eigenvalue weighted by molar-refractivity contribution is 5.94. The molecule has 0 saturated carbocycles. The van der Waals surface area contributed by atoms with E-state index in [0.717, 1.165) is 5.56 Å². The van der Waals surface area contributed by atoms with Gasteiger partial charge in [0.2, 0.25) is 0 Å². The zero-order chi connectivity index (χ0) is 21.4. The lowest BCUT2D eigenvalue weighted by Gasteiger charge is -2.18. The van der Waals surface area contributed by atoms with Crippen molar-refractivity contribution in [3.8, 4) is 11.5 Å². The first-order valence-electron chi connectivity index (χ1n) is 8.68. The van der Waals surface area contributed by atoms with Crippen LogP contribution in [0.2, 0.25) is 0 Å². The number of halogens is 1. The summed E-state index contributed by atoms with van der Waals surface area (Å²) in [6.45, 7) is -0.0437. The number of hydrogen-bond acceptors (Lipinski definition) is 6. The first kappa shape index (κ1) is 24.7. The van der Waals surface area contributed by atoms with Gasteiger partial charge in [0.1, 0.15) is 5.84 Å². The van der Waals surface area contributed by atoms with Crippen LogP contribution in [-0.2, 0) is 20.9 Å². The van der Waals surface area contributed by atoms with E-state index in [1.807, 2.05) is 0 Å². The van der Waals surface area contributed by atoms with Crippen molar-refractivity contribution in [1.29, 1.82) is 5.41 Å². The van der Waals surface area contributed by atoms with Crippen LogP contribution >= 0.6 is 12.4 Å². The number of amidine groups is 1. The molecule has 0 spiro atoms. The molecule has 2 rings (SSSR count). The highest BCUT2D eigenvalue weighted by Gasteiger charge is 2.22. The molecule has 30 heavy (non-hydrogen) atoms. The zero-order valence-electron chi connectivity index (χ0n) is 16.6. The van der Waals surface area contributed by atoms with Gasteiger partial charge in [-0.3, -0.25) is 15.0 Å². The molecule has 0 fully saturated rings. The van der Waals surface area contributed by atoms with Crippen LogP contribution < -0.4 is 26.3 Å². The molecule has 0 aliphatic heterocycles. The molecule has 2 amide bonds. The van der Waals surface area contributed by atoms with Crippen molar-refractivity contribution in [2.45, 2.75) is 12.6 Å². The number of rotatable bonds is 10. The molecule has 1 unspecified atom stereocenters. The number of nitrogens with two attached hydrogens (primary N) is 2. The van der Waals surface area contributed by atoms with Crippen LogP contribution in [0.15, 0.2) is 42.5 Å². The number of nitrogen functional groups attached to an aromatic ring is 1. The molecule has 0 radical (unpaired) electrons. The molecule has 0 aliphatic rings.